The highest BCUT2D eigenvalue weighted by molar-refractivity contribution is 6.29. The van der Waals surface area contributed by atoms with Gasteiger partial charge in [-0.15, -0.1) is 0 Å². The zero-order valence-electron chi connectivity index (χ0n) is 9.46. The Morgan fingerprint density at radius 1 is 1.25 bits per heavy atom. The van der Waals surface area contributed by atoms with Crippen LogP contribution in [0.25, 0.3) is 0 Å². The zero-order chi connectivity index (χ0) is 11.2. The molecule has 0 saturated heterocycles. The minimum atomic E-state index is -0.0384. The van der Waals surface area contributed by atoms with Crippen LogP contribution < -0.4 is 0 Å². The molecule has 1 spiro atoms. The molecule has 1 aromatic rings. The molecule has 0 aromatic carbocycles. The summed E-state index contributed by atoms with van der Waals surface area (Å²) in [5, 5.41) is 0.603. The van der Waals surface area contributed by atoms with Crippen molar-refractivity contribution >= 4 is 17.8 Å². The van der Waals surface area contributed by atoms with Gasteiger partial charge in [0, 0.05) is 11.8 Å². The molecule has 0 radical (unpaired) electrons. The van der Waals surface area contributed by atoms with Crippen molar-refractivity contribution in [1.29, 1.82) is 0 Å². The Bertz CT molecular complexity index is 459. The van der Waals surface area contributed by atoms with E-state index in [1.165, 1.54) is 30.4 Å². The molecule has 0 unspecified atom stereocenters. The molecule has 0 atom stereocenters. The Balaban J connectivity index is 2.13. The molecule has 3 heteroatoms. The molecule has 1 aliphatic heterocycles. The first kappa shape index (κ1) is 10.3. The Hall–Kier alpha value is -0.890. The fourth-order valence-corrected chi connectivity index (χ4v) is 3.16. The first-order chi connectivity index (χ1) is 7.71. The van der Waals surface area contributed by atoms with Gasteiger partial charge in [0.15, 0.2) is 0 Å². The Kier molecular flexibility index (Phi) is 2.28. The molecule has 16 heavy (non-hydrogen) atoms. The van der Waals surface area contributed by atoms with Crippen molar-refractivity contribution in [1.82, 2.24) is 4.98 Å². The highest BCUT2D eigenvalue weighted by atomic mass is 35.5. The van der Waals surface area contributed by atoms with Crippen molar-refractivity contribution in [3.05, 3.63) is 28.0 Å². The summed E-state index contributed by atoms with van der Waals surface area (Å²) < 4.78 is 0. The van der Waals surface area contributed by atoms with Gasteiger partial charge in [-0.2, -0.15) is 0 Å². The van der Waals surface area contributed by atoms with Crippen LogP contribution in [0.15, 0.2) is 11.1 Å². The summed E-state index contributed by atoms with van der Waals surface area (Å²) in [5.41, 5.74) is 3.48. The normalized spacial score (nSPS) is 21.4. The molecule has 1 fully saturated rings. The van der Waals surface area contributed by atoms with Crippen molar-refractivity contribution in [3.63, 3.8) is 0 Å². The standard InChI is InChI=1S/C13H15ClN2/c1-9-7-11(14)16-12-10(9)8-15-13(12)5-3-2-4-6-13/h7-8H,2-6H2,1H3. The van der Waals surface area contributed by atoms with E-state index >= 15 is 0 Å². The average molecular weight is 235 g/mol. The summed E-state index contributed by atoms with van der Waals surface area (Å²) in [4.78, 5) is 9.28. The van der Waals surface area contributed by atoms with Crippen LogP contribution in [0.5, 0.6) is 0 Å². The second-order valence-electron chi connectivity index (χ2n) is 4.87. The van der Waals surface area contributed by atoms with Crippen molar-refractivity contribution < 1.29 is 0 Å². The summed E-state index contributed by atoms with van der Waals surface area (Å²) in [6, 6.07) is 1.92. The highest BCUT2D eigenvalue weighted by Gasteiger charge is 2.39. The topological polar surface area (TPSA) is 25.2 Å². The largest absolute Gasteiger partial charge is 0.279 e. The predicted molar refractivity (Wildman–Crippen MR) is 66.3 cm³/mol. The smallest absolute Gasteiger partial charge is 0.129 e. The van der Waals surface area contributed by atoms with Crippen LogP contribution in [0.2, 0.25) is 5.15 Å². The van der Waals surface area contributed by atoms with Crippen LogP contribution in [-0.2, 0) is 5.54 Å². The van der Waals surface area contributed by atoms with Gasteiger partial charge in [0.05, 0.1) is 5.69 Å². The molecule has 2 nitrogen and oxygen atoms in total. The summed E-state index contributed by atoms with van der Waals surface area (Å²) in [6.45, 7) is 2.08. The number of aryl methyl sites for hydroxylation is 1. The Labute approximate surface area is 101 Å². The third-order valence-corrected chi connectivity index (χ3v) is 3.99. The lowest BCUT2D eigenvalue weighted by atomic mass is 9.79. The Morgan fingerprint density at radius 3 is 2.75 bits per heavy atom. The van der Waals surface area contributed by atoms with Crippen molar-refractivity contribution in [2.45, 2.75) is 44.6 Å². The van der Waals surface area contributed by atoms with E-state index in [4.69, 9.17) is 16.6 Å². The summed E-state index contributed by atoms with van der Waals surface area (Å²) >= 11 is 6.06. The van der Waals surface area contributed by atoms with Crippen LogP contribution in [0, 0.1) is 6.92 Å². The van der Waals surface area contributed by atoms with Gasteiger partial charge in [-0.1, -0.05) is 30.9 Å². The van der Waals surface area contributed by atoms with Gasteiger partial charge in [0.1, 0.15) is 10.7 Å². The lowest BCUT2D eigenvalue weighted by Crippen LogP contribution is -2.26. The van der Waals surface area contributed by atoms with E-state index in [9.17, 15) is 0 Å². The van der Waals surface area contributed by atoms with Crippen LogP contribution in [0.4, 0.5) is 0 Å². The van der Waals surface area contributed by atoms with Gasteiger partial charge in [-0.3, -0.25) is 4.99 Å². The molecule has 0 N–H and O–H groups in total. The molecule has 0 amide bonds. The first-order valence-corrected chi connectivity index (χ1v) is 6.32. The number of aromatic nitrogens is 1. The minimum absolute atomic E-state index is 0.0384. The average Bonchev–Trinajstić information content (AvgIpc) is 2.59. The van der Waals surface area contributed by atoms with Crippen molar-refractivity contribution in [2.24, 2.45) is 4.99 Å². The highest BCUT2D eigenvalue weighted by Crippen LogP contribution is 2.44. The first-order valence-electron chi connectivity index (χ1n) is 5.94. The molecule has 1 aliphatic carbocycles. The summed E-state index contributed by atoms with van der Waals surface area (Å²) in [7, 11) is 0. The zero-order valence-corrected chi connectivity index (χ0v) is 10.2. The molecule has 3 rings (SSSR count). The van der Waals surface area contributed by atoms with Gasteiger partial charge in [0.2, 0.25) is 0 Å². The van der Waals surface area contributed by atoms with E-state index in [-0.39, 0.29) is 5.54 Å². The molecular formula is C13H15ClN2. The van der Waals surface area contributed by atoms with E-state index in [0.717, 1.165) is 18.5 Å². The molecule has 2 aliphatic rings. The molecule has 84 valence electrons. The number of nitrogens with zero attached hydrogens (tertiary/aromatic N) is 2. The molecule has 1 saturated carbocycles. The molecule has 2 heterocycles. The van der Waals surface area contributed by atoms with Gasteiger partial charge < -0.3 is 0 Å². The lowest BCUT2D eigenvalue weighted by molar-refractivity contribution is 0.304. The van der Waals surface area contributed by atoms with Crippen molar-refractivity contribution in [2.75, 3.05) is 0 Å². The summed E-state index contributed by atoms with van der Waals surface area (Å²) in [6.07, 6.45) is 8.09. The molecular weight excluding hydrogens is 220 g/mol. The van der Waals surface area contributed by atoms with E-state index in [1.54, 1.807) is 0 Å². The van der Waals surface area contributed by atoms with Gasteiger partial charge >= 0.3 is 0 Å². The fourth-order valence-electron chi connectivity index (χ4n) is 2.91. The minimum Gasteiger partial charge on any atom is -0.279 e. The SMILES string of the molecule is Cc1cc(Cl)nc2c1C=NC21CCCCC1. The maximum atomic E-state index is 6.06. The third-order valence-electron chi connectivity index (χ3n) is 3.80. The second kappa shape index (κ2) is 3.56. The van der Waals surface area contributed by atoms with Crippen molar-refractivity contribution in [3.8, 4) is 0 Å². The van der Waals surface area contributed by atoms with Crippen LogP contribution in [0.3, 0.4) is 0 Å². The fraction of sp³-hybridized carbons (Fsp3) is 0.538. The van der Waals surface area contributed by atoms with Crippen LogP contribution >= 0.6 is 11.6 Å². The van der Waals surface area contributed by atoms with E-state index < -0.39 is 0 Å². The maximum absolute atomic E-state index is 6.06. The monoisotopic (exact) mass is 234 g/mol. The number of hydrogen-bond donors (Lipinski definition) is 0. The number of hydrogen-bond acceptors (Lipinski definition) is 2. The summed E-state index contributed by atoms with van der Waals surface area (Å²) in [5.74, 6) is 0. The second-order valence-corrected chi connectivity index (χ2v) is 5.26. The predicted octanol–water partition coefficient (Wildman–Crippen LogP) is 3.64. The van der Waals surface area contributed by atoms with Gasteiger partial charge in [-0.05, 0) is 31.4 Å². The quantitative estimate of drug-likeness (QED) is 0.630. The van der Waals surface area contributed by atoms with E-state index in [1.807, 2.05) is 12.3 Å². The van der Waals surface area contributed by atoms with Crippen LogP contribution in [0.1, 0.15) is 48.9 Å². The number of fused-ring (bicyclic) bond motifs is 2. The number of aliphatic imine (C=N–C) groups is 1. The lowest BCUT2D eigenvalue weighted by Gasteiger charge is -2.31. The molecule has 1 aromatic heterocycles. The van der Waals surface area contributed by atoms with Gasteiger partial charge in [-0.25, -0.2) is 4.98 Å². The third kappa shape index (κ3) is 1.40. The van der Waals surface area contributed by atoms with Gasteiger partial charge in [0.25, 0.3) is 0 Å². The number of halogens is 1. The number of rotatable bonds is 0. The molecule has 0 bridgehead atoms. The van der Waals surface area contributed by atoms with Crippen LogP contribution in [-0.4, -0.2) is 11.2 Å². The number of pyridine rings is 1. The van der Waals surface area contributed by atoms with E-state index in [0.29, 0.717) is 5.15 Å². The Morgan fingerprint density at radius 2 is 2.00 bits per heavy atom. The van der Waals surface area contributed by atoms with E-state index in [2.05, 4.69) is 11.9 Å². The maximum Gasteiger partial charge on any atom is 0.129 e.